The number of aromatic nitrogens is 2. The molecule has 0 saturated carbocycles. The van der Waals surface area contributed by atoms with Gasteiger partial charge in [0.25, 0.3) is 0 Å². The Balaban J connectivity index is 2.23. The Kier molecular flexibility index (Phi) is 3.09. The number of pyridine rings is 2. The minimum Gasteiger partial charge on any atom is -0.353 e. The average molecular weight is 276 g/mol. The topological polar surface area (TPSA) is 29.0 Å². The molecule has 0 aromatic carbocycles. The molecule has 0 radical (unpaired) electrons. The van der Waals surface area contributed by atoms with Crippen molar-refractivity contribution < 1.29 is 0 Å². The van der Waals surface area contributed by atoms with E-state index in [0.29, 0.717) is 17.1 Å². The van der Waals surface area contributed by atoms with E-state index in [1.54, 1.807) is 0 Å². The van der Waals surface area contributed by atoms with Crippen LogP contribution in [0.4, 0.5) is 5.82 Å². The van der Waals surface area contributed by atoms with Crippen molar-refractivity contribution in [2.24, 2.45) is 0 Å². The molecule has 2 aromatic heterocycles. The summed E-state index contributed by atoms with van der Waals surface area (Å²) >= 11 is 6.06. The molecule has 100 valence electrons. The van der Waals surface area contributed by atoms with Gasteiger partial charge in [0.05, 0.1) is 0 Å². The number of hydrogen-bond acceptors (Lipinski definition) is 3. The highest BCUT2D eigenvalue weighted by atomic mass is 35.5. The minimum absolute atomic E-state index is 0.427. The molecule has 1 saturated heterocycles. The molecule has 19 heavy (non-hydrogen) atoms. The van der Waals surface area contributed by atoms with Gasteiger partial charge in [0.2, 0.25) is 0 Å². The van der Waals surface area contributed by atoms with Crippen molar-refractivity contribution in [2.45, 2.75) is 39.2 Å². The highest BCUT2D eigenvalue weighted by molar-refractivity contribution is 6.30. The highest BCUT2D eigenvalue weighted by Gasteiger charge is 2.27. The fourth-order valence-corrected chi connectivity index (χ4v) is 2.79. The second kappa shape index (κ2) is 4.64. The predicted molar refractivity (Wildman–Crippen MR) is 80.1 cm³/mol. The van der Waals surface area contributed by atoms with Crippen LogP contribution in [0.15, 0.2) is 18.5 Å². The van der Waals surface area contributed by atoms with Crippen LogP contribution in [0.2, 0.25) is 5.15 Å². The number of anilines is 1. The second-order valence-electron chi connectivity index (χ2n) is 5.58. The number of rotatable bonds is 2. The molecular weight excluding hydrogens is 258 g/mol. The van der Waals surface area contributed by atoms with E-state index in [1.807, 2.05) is 18.5 Å². The lowest BCUT2D eigenvalue weighted by molar-refractivity contribution is 0.478. The molecule has 1 atom stereocenters. The summed E-state index contributed by atoms with van der Waals surface area (Å²) in [5, 5.41) is 2.84. The molecule has 3 heterocycles. The monoisotopic (exact) mass is 275 g/mol. The lowest BCUT2D eigenvalue weighted by Gasteiger charge is -2.40. The maximum Gasteiger partial charge on any atom is 0.138 e. The number of hydrogen-bond donors (Lipinski definition) is 0. The van der Waals surface area contributed by atoms with Crippen molar-refractivity contribution in [3.63, 3.8) is 0 Å². The van der Waals surface area contributed by atoms with Crippen LogP contribution in [0, 0.1) is 0 Å². The quantitative estimate of drug-likeness (QED) is 0.776. The van der Waals surface area contributed by atoms with E-state index in [9.17, 15) is 0 Å². The maximum absolute atomic E-state index is 6.06. The van der Waals surface area contributed by atoms with E-state index in [-0.39, 0.29) is 0 Å². The fourth-order valence-electron chi connectivity index (χ4n) is 2.64. The molecule has 0 spiro atoms. The van der Waals surface area contributed by atoms with Crippen LogP contribution in [-0.2, 0) is 0 Å². The Labute approximate surface area is 118 Å². The summed E-state index contributed by atoms with van der Waals surface area (Å²) < 4.78 is 0. The first-order valence-electron chi connectivity index (χ1n) is 6.78. The second-order valence-corrected chi connectivity index (χ2v) is 5.96. The summed E-state index contributed by atoms with van der Waals surface area (Å²) in [5.41, 5.74) is 1.23. The maximum atomic E-state index is 6.06. The van der Waals surface area contributed by atoms with Crippen LogP contribution < -0.4 is 4.90 Å². The van der Waals surface area contributed by atoms with E-state index >= 15 is 0 Å². The van der Waals surface area contributed by atoms with Gasteiger partial charge < -0.3 is 4.90 Å². The van der Waals surface area contributed by atoms with Crippen LogP contribution in [0.5, 0.6) is 0 Å². The van der Waals surface area contributed by atoms with Gasteiger partial charge in [0.1, 0.15) is 11.0 Å². The summed E-state index contributed by atoms with van der Waals surface area (Å²) in [6.45, 7) is 7.66. The first-order chi connectivity index (χ1) is 9.08. The van der Waals surface area contributed by atoms with Crippen molar-refractivity contribution >= 4 is 28.2 Å². The third kappa shape index (κ3) is 2.06. The van der Waals surface area contributed by atoms with E-state index in [0.717, 1.165) is 17.7 Å². The van der Waals surface area contributed by atoms with Crippen LogP contribution in [0.1, 0.15) is 38.7 Å². The molecule has 2 aromatic rings. The summed E-state index contributed by atoms with van der Waals surface area (Å²) in [6.07, 6.45) is 5.08. The molecule has 3 nitrogen and oxygen atoms in total. The Morgan fingerprint density at radius 2 is 2.05 bits per heavy atom. The third-order valence-corrected chi connectivity index (χ3v) is 4.17. The van der Waals surface area contributed by atoms with E-state index in [1.165, 1.54) is 17.4 Å². The highest BCUT2D eigenvalue weighted by Crippen LogP contribution is 2.35. The molecule has 0 amide bonds. The van der Waals surface area contributed by atoms with Crippen molar-refractivity contribution in [1.82, 2.24) is 9.97 Å². The van der Waals surface area contributed by atoms with Gasteiger partial charge in [-0.1, -0.05) is 25.4 Å². The van der Waals surface area contributed by atoms with E-state index < -0.39 is 0 Å². The summed E-state index contributed by atoms with van der Waals surface area (Å²) in [4.78, 5) is 11.2. The summed E-state index contributed by atoms with van der Waals surface area (Å²) in [6, 6.07) is 2.53. The molecule has 1 aliphatic heterocycles. The average Bonchev–Trinajstić information content (AvgIpc) is 2.36. The molecule has 0 aliphatic carbocycles. The number of halogens is 1. The first-order valence-corrected chi connectivity index (χ1v) is 7.16. The molecule has 4 heteroatoms. The molecular formula is C15H18ClN3. The zero-order valence-electron chi connectivity index (χ0n) is 11.5. The van der Waals surface area contributed by atoms with E-state index in [4.69, 9.17) is 11.6 Å². The molecule has 0 N–H and O–H groups in total. The van der Waals surface area contributed by atoms with Crippen molar-refractivity contribution in [3.8, 4) is 0 Å². The van der Waals surface area contributed by atoms with Gasteiger partial charge in [-0.3, -0.25) is 0 Å². The van der Waals surface area contributed by atoms with Gasteiger partial charge in [-0.2, -0.15) is 0 Å². The molecule has 3 rings (SSSR count). The number of fused-ring (bicyclic) bond motifs is 1. The normalized spacial score (nSPS) is 19.0. The van der Waals surface area contributed by atoms with Crippen LogP contribution in [-0.4, -0.2) is 22.6 Å². The minimum atomic E-state index is 0.427. The van der Waals surface area contributed by atoms with E-state index in [2.05, 4.69) is 35.6 Å². The van der Waals surface area contributed by atoms with Crippen LogP contribution in [0.3, 0.4) is 0 Å². The van der Waals surface area contributed by atoms with Gasteiger partial charge in [0.15, 0.2) is 0 Å². The Bertz CT molecular complexity index is 624. The SMILES string of the molecule is CC(C)c1cnc(N2CC[C@H]2C)c2cnc(Cl)cc12. The predicted octanol–water partition coefficient (Wildman–Crippen LogP) is 4.01. The number of nitrogens with zero attached hydrogens (tertiary/aromatic N) is 3. The zero-order valence-corrected chi connectivity index (χ0v) is 12.3. The summed E-state index contributed by atoms with van der Waals surface area (Å²) in [7, 11) is 0. The first kappa shape index (κ1) is 12.7. The molecule has 1 aliphatic rings. The van der Waals surface area contributed by atoms with Gasteiger partial charge in [-0.05, 0) is 36.3 Å². The van der Waals surface area contributed by atoms with Crippen molar-refractivity contribution in [3.05, 3.63) is 29.2 Å². The van der Waals surface area contributed by atoms with Crippen LogP contribution >= 0.6 is 11.6 Å². The lowest BCUT2D eigenvalue weighted by atomic mass is 9.98. The van der Waals surface area contributed by atoms with Gasteiger partial charge >= 0.3 is 0 Å². The standard InChI is InChI=1S/C15H18ClN3/c1-9(2)12-7-18-15(19-5-4-10(19)3)13-8-17-14(16)6-11(12)13/h6-10H,4-5H2,1-3H3/t10-/m1/s1. The van der Waals surface area contributed by atoms with Crippen molar-refractivity contribution in [2.75, 3.05) is 11.4 Å². The lowest BCUT2D eigenvalue weighted by Crippen LogP contribution is -2.46. The Morgan fingerprint density at radius 1 is 1.26 bits per heavy atom. The smallest absolute Gasteiger partial charge is 0.138 e. The molecule has 0 bridgehead atoms. The van der Waals surface area contributed by atoms with Gasteiger partial charge in [-0.15, -0.1) is 0 Å². The largest absolute Gasteiger partial charge is 0.353 e. The Morgan fingerprint density at radius 3 is 2.63 bits per heavy atom. The third-order valence-electron chi connectivity index (χ3n) is 3.96. The summed E-state index contributed by atoms with van der Waals surface area (Å²) in [5.74, 6) is 1.47. The Hall–Kier alpha value is -1.35. The zero-order chi connectivity index (χ0) is 13.6. The van der Waals surface area contributed by atoms with Crippen molar-refractivity contribution in [1.29, 1.82) is 0 Å². The van der Waals surface area contributed by atoms with Gasteiger partial charge in [-0.25, -0.2) is 9.97 Å². The van der Waals surface area contributed by atoms with Gasteiger partial charge in [0, 0.05) is 30.4 Å². The molecule has 1 fully saturated rings. The fraction of sp³-hybridized carbons (Fsp3) is 0.467. The molecule has 0 unspecified atom stereocenters. The van der Waals surface area contributed by atoms with Crippen LogP contribution in [0.25, 0.3) is 10.8 Å².